The van der Waals surface area contributed by atoms with Crippen molar-refractivity contribution in [1.29, 1.82) is 0 Å². The Labute approximate surface area is 101 Å². The van der Waals surface area contributed by atoms with Crippen molar-refractivity contribution in [3.05, 3.63) is 35.4 Å². The van der Waals surface area contributed by atoms with Crippen LogP contribution in [0.25, 0.3) is 0 Å². The average Bonchev–Trinajstić information content (AvgIpc) is 2.49. The molecule has 17 heavy (non-hydrogen) atoms. The average molecular weight is 239 g/mol. The first-order chi connectivity index (χ1) is 8.11. The smallest absolute Gasteiger partial charge is 0.129 e. The summed E-state index contributed by atoms with van der Waals surface area (Å²) in [5.74, 6) is -0.946. The van der Waals surface area contributed by atoms with Gasteiger partial charge in [-0.2, -0.15) is 0 Å². The molecular formula is C14H19F2N. The van der Waals surface area contributed by atoms with E-state index in [9.17, 15) is 8.78 Å². The summed E-state index contributed by atoms with van der Waals surface area (Å²) in [5.41, 5.74) is 6.01. The van der Waals surface area contributed by atoms with Gasteiger partial charge < -0.3 is 5.73 Å². The Balaban J connectivity index is 2.18. The Kier molecular flexibility index (Phi) is 3.77. The van der Waals surface area contributed by atoms with Gasteiger partial charge in [0.25, 0.3) is 0 Å². The molecule has 1 aliphatic carbocycles. The van der Waals surface area contributed by atoms with Gasteiger partial charge in [0.2, 0.25) is 0 Å². The molecule has 0 spiro atoms. The minimum absolute atomic E-state index is 0.150. The van der Waals surface area contributed by atoms with Gasteiger partial charge in [0.1, 0.15) is 11.6 Å². The molecule has 2 N–H and O–H groups in total. The van der Waals surface area contributed by atoms with Crippen LogP contribution in [0.2, 0.25) is 0 Å². The van der Waals surface area contributed by atoms with Gasteiger partial charge in [-0.15, -0.1) is 0 Å². The van der Waals surface area contributed by atoms with Gasteiger partial charge in [0.15, 0.2) is 0 Å². The zero-order valence-corrected chi connectivity index (χ0v) is 10.0. The Morgan fingerprint density at radius 2 is 1.53 bits per heavy atom. The van der Waals surface area contributed by atoms with Crippen LogP contribution in [0.1, 0.15) is 44.1 Å². The summed E-state index contributed by atoms with van der Waals surface area (Å²) in [7, 11) is 0. The summed E-state index contributed by atoms with van der Waals surface area (Å²) in [5, 5.41) is 0. The fourth-order valence-corrected chi connectivity index (χ4v) is 2.66. The highest BCUT2D eigenvalue weighted by atomic mass is 19.1. The molecule has 2 rings (SSSR count). The number of rotatable bonds is 2. The van der Waals surface area contributed by atoms with Crippen LogP contribution in [-0.4, -0.2) is 5.54 Å². The maximum absolute atomic E-state index is 13.6. The fraction of sp³-hybridized carbons (Fsp3) is 0.571. The van der Waals surface area contributed by atoms with Crippen molar-refractivity contribution in [2.75, 3.05) is 0 Å². The largest absolute Gasteiger partial charge is 0.325 e. The third-order valence-corrected chi connectivity index (χ3v) is 3.69. The highest BCUT2D eigenvalue weighted by Crippen LogP contribution is 2.29. The van der Waals surface area contributed by atoms with Crippen molar-refractivity contribution in [1.82, 2.24) is 0 Å². The van der Waals surface area contributed by atoms with Gasteiger partial charge in [-0.05, 0) is 31.4 Å². The van der Waals surface area contributed by atoms with Gasteiger partial charge in [-0.25, -0.2) is 8.78 Å². The van der Waals surface area contributed by atoms with Crippen LogP contribution in [0.5, 0.6) is 0 Å². The molecule has 3 heteroatoms. The first kappa shape index (κ1) is 12.5. The quantitative estimate of drug-likeness (QED) is 0.785. The molecule has 0 aromatic heterocycles. The second kappa shape index (κ2) is 5.13. The molecule has 0 heterocycles. The van der Waals surface area contributed by atoms with Crippen LogP contribution in [0.3, 0.4) is 0 Å². The lowest BCUT2D eigenvalue weighted by Gasteiger charge is -2.28. The topological polar surface area (TPSA) is 26.0 Å². The molecule has 0 bridgehead atoms. The third kappa shape index (κ3) is 3.03. The molecule has 0 unspecified atom stereocenters. The van der Waals surface area contributed by atoms with E-state index in [4.69, 9.17) is 5.73 Å². The lowest BCUT2D eigenvalue weighted by molar-refractivity contribution is 0.357. The van der Waals surface area contributed by atoms with Crippen LogP contribution >= 0.6 is 0 Å². The molecule has 1 nitrogen and oxygen atoms in total. The van der Waals surface area contributed by atoms with E-state index < -0.39 is 17.2 Å². The standard InChI is InChI=1S/C14H19F2N/c15-12-6-5-7-13(16)11(12)10-14(17)8-3-1-2-4-9-14/h5-7H,1-4,8-10,17H2. The van der Waals surface area contributed by atoms with Crippen LogP contribution in [-0.2, 0) is 6.42 Å². The number of benzene rings is 1. The van der Waals surface area contributed by atoms with Crippen LogP contribution in [0.4, 0.5) is 8.78 Å². The Hall–Kier alpha value is -0.960. The molecule has 0 atom stereocenters. The van der Waals surface area contributed by atoms with E-state index >= 15 is 0 Å². The molecule has 1 aliphatic rings. The van der Waals surface area contributed by atoms with Crippen molar-refractivity contribution < 1.29 is 8.78 Å². The molecule has 0 saturated heterocycles. The summed E-state index contributed by atoms with van der Waals surface area (Å²) in [6, 6.07) is 4.00. The Morgan fingerprint density at radius 3 is 2.06 bits per heavy atom. The molecule has 1 saturated carbocycles. The molecule has 1 aromatic carbocycles. The highest BCUT2D eigenvalue weighted by Gasteiger charge is 2.28. The van der Waals surface area contributed by atoms with Gasteiger partial charge in [-0.3, -0.25) is 0 Å². The normalized spacial score (nSPS) is 19.9. The predicted molar refractivity (Wildman–Crippen MR) is 64.7 cm³/mol. The molecule has 0 amide bonds. The zero-order chi connectivity index (χ0) is 12.3. The second-order valence-corrected chi connectivity index (χ2v) is 5.15. The summed E-state index contributed by atoms with van der Waals surface area (Å²) in [6.45, 7) is 0. The SMILES string of the molecule is NC1(Cc2c(F)cccc2F)CCCCCC1. The van der Waals surface area contributed by atoms with E-state index in [0.29, 0.717) is 6.42 Å². The number of hydrogen-bond acceptors (Lipinski definition) is 1. The minimum atomic E-state index is -0.473. The van der Waals surface area contributed by atoms with Crippen molar-refractivity contribution in [3.63, 3.8) is 0 Å². The summed E-state index contributed by atoms with van der Waals surface area (Å²) >= 11 is 0. The highest BCUT2D eigenvalue weighted by molar-refractivity contribution is 5.22. The van der Waals surface area contributed by atoms with Crippen molar-refractivity contribution in [2.45, 2.75) is 50.5 Å². The third-order valence-electron chi connectivity index (χ3n) is 3.69. The van der Waals surface area contributed by atoms with E-state index in [0.717, 1.165) is 25.7 Å². The predicted octanol–water partition coefficient (Wildman–Crippen LogP) is 3.56. The minimum Gasteiger partial charge on any atom is -0.325 e. The van der Waals surface area contributed by atoms with E-state index in [1.165, 1.54) is 31.0 Å². The Morgan fingerprint density at radius 1 is 1.00 bits per heavy atom. The Bertz CT molecular complexity index is 362. The molecule has 0 aliphatic heterocycles. The van der Waals surface area contributed by atoms with Gasteiger partial charge in [0, 0.05) is 11.1 Å². The maximum atomic E-state index is 13.6. The number of nitrogens with two attached hydrogens (primary N) is 1. The van der Waals surface area contributed by atoms with Crippen molar-refractivity contribution in [3.8, 4) is 0 Å². The van der Waals surface area contributed by atoms with Gasteiger partial charge in [-0.1, -0.05) is 31.7 Å². The van der Waals surface area contributed by atoms with E-state index in [2.05, 4.69) is 0 Å². The van der Waals surface area contributed by atoms with Crippen molar-refractivity contribution >= 4 is 0 Å². The first-order valence-electron chi connectivity index (χ1n) is 6.32. The molecule has 1 fully saturated rings. The van der Waals surface area contributed by atoms with Crippen molar-refractivity contribution in [2.24, 2.45) is 5.73 Å². The van der Waals surface area contributed by atoms with E-state index in [-0.39, 0.29) is 5.56 Å². The van der Waals surface area contributed by atoms with E-state index in [1.54, 1.807) is 0 Å². The first-order valence-corrected chi connectivity index (χ1v) is 6.32. The lowest BCUT2D eigenvalue weighted by atomic mass is 9.84. The molecular weight excluding hydrogens is 220 g/mol. The van der Waals surface area contributed by atoms with Crippen LogP contribution < -0.4 is 5.73 Å². The van der Waals surface area contributed by atoms with Gasteiger partial charge in [0.05, 0.1) is 0 Å². The monoisotopic (exact) mass is 239 g/mol. The number of hydrogen-bond donors (Lipinski definition) is 1. The fourth-order valence-electron chi connectivity index (χ4n) is 2.66. The maximum Gasteiger partial charge on any atom is 0.129 e. The summed E-state index contributed by atoms with van der Waals surface area (Å²) < 4.78 is 27.2. The van der Waals surface area contributed by atoms with E-state index in [1.807, 2.05) is 0 Å². The molecule has 1 aromatic rings. The number of halogens is 2. The lowest BCUT2D eigenvalue weighted by Crippen LogP contribution is -2.42. The summed E-state index contributed by atoms with van der Waals surface area (Å²) in [4.78, 5) is 0. The second-order valence-electron chi connectivity index (χ2n) is 5.15. The zero-order valence-electron chi connectivity index (χ0n) is 10.0. The summed E-state index contributed by atoms with van der Waals surface area (Å²) in [6.07, 6.45) is 6.52. The molecule has 0 radical (unpaired) electrons. The van der Waals surface area contributed by atoms with Gasteiger partial charge >= 0.3 is 0 Å². The van der Waals surface area contributed by atoms with Crippen LogP contribution in [0.15, 0.2) is 18.2 Å². The molecule has 94 valence electrons. The van der Waals surface area contributed by atoms with Crippen LogP contribution in [0, 0.1) is 11.6 Å².